The highest BCUT2D eigenvalue weighted by Gasteiger charge is 2.15. The summed E-state index contributed by atoms with van der Waals surface area (Å²) in [5, 5.41) is 3.54. The van der Waals surface area contributed by atoms with Crippen molar-refractivity contribution in [1.82, 2.24) is 9.88 Å². The SMILES string of the molecule is CCCCCn1c(C)ccc(CNC2CCCC2)c1=O. The number of hydrogen-bond donors (Lipinski definition) is 1. The van der Waals surface area contributed by atoms with Crippen LogP contribution in [0, 0.1) is 6.92 Å². The molecule has 2 rings (SSSR count). The first kappa shape index (κ1) is 15.3. The van der Waals surface area contributed by atoms with Gasteiger partial charge >= 0.3 is 0 Å². The van der Waals surface area contributed by atoms with Gasteiger partial charge in [-0.05, 0) is 32.3 Å². The molecular weight excluding hydrogens is 248 g/mol. The van der Waals surface area contributed by atoms with Gasteiger partial charge in [0.25, 0.3) is 5.56 Å². The molecule has 1 fully saturated rings. The van der Waals surface area contributed by atoms with Gasteiger partial charge in [0.15, 0.2) is 0 Å². The standard InChI is InChI=1S/C17H28N2O/c1-3-4-7-12-19-14(2)10-11-15(17(19)20)13-18-16-8-5-6-9-16/h10-11,16,18H,3-9,12-13H2,1-2H3. The van der Waals surface area contributed by atoms with Crippen LogP contribution >= 0.6 is 0 Å². The van der Waals surface area contributed by atoms with Crippen molar-refractivity contribution in [2.75, 3.05) is 0 Å². The van der Waals surface area contributed by atoms with Crippen LogP contribution in [-0.4, -0.2) is 10.6 Å². The van der Waals surface area contributed by atoms with Crippen molar-refractivity contribution in [3.63, 3.8) is 0 Å². The molecule has 0 radical (unpaired) electrons. The van der Waals surface area contributed by atoms with Crippen LogP contribution < -0.4 is 10.9 Å². The molecule has 20 heavy (non-hydrogen) atoms. The third-order valence-electron chi connectivity index (χ3n) is 4.39. The summed E-state index contributed by atoms with van der Waals surface area (Å²) < 4.78 is 1.95. The van der Waals surface area contributed by atoms with E-state index in [1.54, 1.807) is 0 Å². The summed E-state index contributed by atoms with van der Waals surface area (Å²) in [4.78, 5) is 12.5. The van der Waals surface area contributed by atoms with Crippen LogP contribution in [0.1, 0.15) is 63.1 Å². The maximum absolute atomic E-state index is 12.5. The molecule has 112 valence electrons. The van der Waals surface area contributed by atoms with Gasteiger partial charge in [-0.3, -0.25) is 4.79 Å². The monoisotopic (exact) mass is 276 g/mol. The van der Waals surface area contributed by atoms with Crippen molar-refractivity contribution >= 4 is 0 Å². The molecule has 0 atom stereocenters. The fraction of sp³-hybridized carbons (Fsp3) is 0.706. The lowest BCUT2D eigenvalue weighted by Gasteiger charge is -2.14. The molecule has 1 aromatic heterocycles. The zero-order chi connectivity index (χ0) is 14.4. The van der Waals surface area contributed by atoms with E-state index in [0.29, 0.717) is 6.04 Å². The van der Waals surface area contributed by atoms with E-state index >= 15 is 0 Å². The van der Waals surface area contributed by atoms with Gasteiger partial charge in [0.05, 0.1) is 0 Å². The Hall–Kier alpha value is -1.09. The number of hydrogen-bond acceptors (Lipinski definition) is 2. The third-order valence-corrected chi connectivity index (χ3v) is 4.39. The van der Waals surface area contributed by atoms with Crippen LogP contribution in [0.2, 0.25) is 0 Å². The Morgan fingerprint density at radius 1 is 1.25 bits per heavy atom. The van der Waals surface area contributed by atoms with Crippen molar-refractivity contribution < 1.29 is 0 Å². The van der Waals surface area contributed by atoms with Crippen molar-refractivity contribution in [2.24, 2.45) is 0 Å². The summed E-state index contributed by atoms with van der Waals surface area (Å²) in [6.07, 6.45) is 8.65. The highest BCUT2D eigenvalue weighted by atomic mass is 16.1. The molecule has 0 spiro atoms. The Morgan fingerprint density at radius 3 is 2.70 bits per heavy atom. The van der Waals surface area contributed by atoms with E-state index in [2.05, 4.69) is 18.3 Å². The van der Waals surface area contributed by atoms with Gasteiger partial charge in [0, 0.05) is 30.4 Å². The summed E-state index contributed by atoms with van der Waals surface area (Å²) in [7, 11) is 0. The highest BCUT2D eigenvalue weighted by molar-refractivity contribution is 5.15. The molecule has 0 aliphatic heterocycles. The molecule has 0 bridgehead atoms. The smallest absolute Gasteiger partial charge is 0.255 e. The van der Waals surface area contributed by atoms with Gasteiger partial charge in [-0.2, -0.15) is 0 Å². The average Bonchev–Trinajstić information content (AvgIpc) is 2.95. The molecule has 1 aromatic rings. The first-order chi connectivity index (χ1) is 9.72. The number of nitrogens with one attached hydrogen (secondary N) is 1. The average molecular weight is 276 g/mol. The van der Waals surface area contributed by atoms with Crippen molar-refractivity contribution in [3.8, 4) is 0 Å². The Kier molecular flexibility index (Phi) is 5.84. The number of aromatic nitrogens is 1. The summed E-state index contributed by atoms with van der Waals surface area (Å²) in [6.45, 7) is 5.80. The fourth-order valence-electron chi connectivity index (χ4n) is 3.03. The predicted octanol–water partition coefficient (Wildman–Crippen LogP) is 3.38. The lowest BCUT2D eigenvalue weighted by Crippen LogP contribution is -2.32. The summed E-state index contributed by atoms with van der Waals surface area (Å²) >= 11 is 0. The molecule has 0 aromatic carbocycles. The highest BCUT2D eigenvalue weighted by Crippen LogP contribution is 2.17. The third kappa shape index (κ3) is 3.95. The molecule has 0 saturated heterocycles. The topological polar surface area (TPSA) is 34.0 Å². The Labute approximate surface area is 122 Å². The van der Waals surface area contributed by atoms with E-state index in [-0.39, 0.29) is 5.56 Å². The summed E-state index contributed by atoms with van der Waals surface area (Å²) in [6, 6.07) is 4.69. The molecule has 0 amide bonds. The maximum Gasteiger partial charge on any atom is 0.255 e. The van der Waals surface area contributed by atoms with E-state index in [1.165, 1.54) is 38.5 Å². The van der Waals surface area contributed by atoms with Crippen LogP contribution in [0.5, 0.6) is 0 Å². The Balaban J connectivity index is 2.01. The molecule has 3 heteroatoms. The van der Waals surface area contributed by atoms with Crippen LogP contribution in [0.3, 0.4) is 0 Å². The largest absolute Gasteiger partial charge is 0.313 e. The van der Waals surface area contributed by atoms with Crippen molar-refractivity contribution in [3.05, 3.63) is 33.7 Å². The molecular formula is C17H28N2O. The second kappa shape index (κ2) is 7.63. The van der Waals surface area contributed by atoms with E-state index < -0.39 is 0 Å². The number of pyridine rings is 1. The van der Waals surface area contributed by atoms with E-state index in [1.807, 2.05) is 17.6 Å². The summed E-state index contributed by atoms with van der Waals surface area (Å²) in [5.41, 5.74) is 2.20. The number of rotatable bonds is 7. The van der Waals surface area contributed by atoms with Crippen LogP contribution in [0.15, 0.2) is 16.9 Å². The lowest BCUT2D eigenvalue weighted by atomic mass is 10.2. The first-order valence-electron chi connectivity index (χ1n) is 8.15. The normalized spacial score (nSPS) is 15.9. The number of aryl methyl sites for hydroxylation is 1. The van der Waals surface area contributed by atoms with Gasteiger partial charge in [-0.1, -0.05) is 38.7 Å². The second-order valence-corrected chi connectivity index (χ2v) is 6.03. The second-order valence-electron chi connectivity index (χ2n) is 6.03. The Bertz CT molecular complexity index is 472. The molecule has 1 aliphatic carbocycles. The fourth-order valence-corrected chi connectivity index (χ4v) is 3.03. The minimum atomic E-state index is 0.201. The number of nitrogens with zero attached hydrogens (tertiary/aromatic N) is 1. The van der Waals surface area contributed by atoms with Crippen LogP contribution in [0.4, 0.5) is 0 Å². The zero-order valence-corrected chi connectivity index (χ0v) is 13.0. The molecule has 1 saturated carbocycles. The van der Waals surface area contributed by atoms with Gasteiger partial charge in [-0.15, -0.1) is 0 Å². The van der Waals surface area contributed by atoms with Gasteiger partial charge in [0.1, 0.15) is 0 Å². The number of unbranched alkanes of at least 4 members (excludes halogenated alkanes) is 2. The minimum absolute atomic E-state index is 0.201. The van der Waals surface area contributed by atoms with Crippen molar-refractivity contribution in [2.45, 2.75) is 77.9 Å². The molecule has 3 nitrogen and oxygen atoms in total. The maximum atomic E-state index is 12.5. The van der Waals surface area contributed by atoms with Crippen molar-refractivity contribution in [1.29, 1.82) is 0 Å². The van der Waals surface area contributed by atoms with Gasteiger partial charge < -0.3 is 9.88 Å². The lowest BCUT2D eigenvalue weighted by molar-refractivity contribution is 0.515. The minimum Gasteiger partial charge on any atom is -0.313 e. The van der Waals surface area contributed by atoms with E-state index in [0.717, 1.165) is 30.8 Å². The van der Waals surface area contributed by atoms with E-state index in [9.17, 15) is 4.79 Å². The molecule has 1 heterocycles. The summed E-state index contributed by atoms with van der Waals surface area (Å²) in [5.74, 6) is 0. The van der Waals surface area contributed by atoms with Crippen LogP contribution in [-0.2, 0) is 13.1 Å². The first-order valence-corrected chi connectivity index (χ1v) is 8.15. The predicted molar refractivity (Wildman–Crippen MR) is 84.1 cm³/mol. The zero-order valence-electron chi connectivity index (χ0n) is 13.0. The molecule has 1 N–H and O–H groups in total. The Morgan fingerprint density at radius 2 is 2.00 bits per heavy atom. The molecule has 1 aliphatic rings. The van der Waals surface area contributed by atoms with Gasteiger partial charge in [-0.25, -0.2) is 0 Å². The van der Waals surface area contributed by atoms with Gasteiger partial charge in [0.2, 0.25) is 0 Å². The molecule has 0 unspecified atom stereocenters. The van der Waals surface area contributed by atoms with E-state index in [4.69, 9.17) is 0 Å². The quantitative estimate of drug-likeness (QED) is 0.775. The van der Waals surface area contributed by atoms with Crippen LogP contribution in [0.25, 0.3) is 0 Å².